The number of ether oxygens (including phenoxy) is 1. The first kappa shape index (κ1) is 12.5. The van der Waals surface area contributed by atoms with Crippen LogP contribution in [0.2, 0.25) is 5.02 Å². The van der Waals surface area contributed by atoms with Crippen molar-refractivity contribution in [1.29, 1.82) is 0 Å². The molecule has 0 unspecified atom stereocenters. The Morgan fingerprint density at radius 2 is 1.83 bits per heavy atom. The molecule has 0 heterocycles. The molecule has 2 aromatic rings. The number of rotatable bonds is 3. The van der Waals surface area contributed by atoms with Crippen molar-refractivity contribution >= 4 is 17.9 Å². The summed E-state index contributed by atoms with van der Waals surface area (Å²) in [5, 5.41) is 10.1. The Labute approximate surface area is 110 Å². The summed E-state index contributed by atoms with van der Waals surface area (Å²) >= 11 is 6.03. The highest BCUT2D eigenvalue weighted by atomic mass is 35.5. The van der Waals surface area contributed by atoms with E-state index < -0.39 is 0 Å². The zero-order chi connectivity index (χ0) is 13.1. The number of benzene rings is 2. The topological polar surface area (TPSA) is 46.5 Å². The molecule has 4 heteroatoms. The maximum Gasteiger partial charge on any atom is 0.153 e. The summed E-state index contributed by atoms with van der Waals surface area (Å²) in [5.74, 6) is 0.545. The van der Waals surface area contributed by atoms with Gasteiger partial charge in [-0.05, 0) is 35.4 Å². The second kappa shape index (κ2) is 5.10. The molecule has 0 bridgehead atoms. The van der Waals surface area contributed by atoms with E-state index in [1.807, 2.05) is 6.07 Å². The minimum atomic E-state index is -0.0468. The largest absolute Gasteiger partial charge is 0.507 e. The van der Waals surface area contributed by atoms with Crippen LogP contribution in [0, 0.1) is 0 Å². The average Bonchev–Trinajstić information content (AvgIpc) is 2.38. The summed E-state index contributed by atoms with van der Waals surface area (Å²) in [7, 11) is 1.55. The highest BCUT2D eigenvalue weighted by Gasteiger charge is 2.06. The minimum Gasteiger partial charge on any atom is -0.507 e. The molecule has 1 N–H and O–H groups in total. The predicted octanol–water partition coefficient (Wildman–Crippen LogP) is 3.53. The summed E-state index contributed by atoms with van der Waals surface area (Å²) in [4.78, 5) is 10.6. The molecule has 2 rings (SSSR count). The molecule has 0 aliphatic rings. The number of aromatic hydroxyl groups is 1. The molecule has 0 spiro atoms. The Morgan fingerprint density at radius 3 is 2.39 bits per heavy atom. The second-order valence-corrected chi connectivity index (χ2v) is 4.15. The number of phenols is 1. The van der Waals surface area contributed by atoms with Crippen molar-refractivity contribution in [1.82, 2.24) is 0 Å². The molecule has 92 valence electrons. The van der Waals surface area contributed by atoms with Crippen LogP contribution in [0.5, 0.6) is 11.5 Å². The first-order valence-corrected chi connectivity index (χ1v) is 5.65. The van der Waals surface area contributed by atoms with Crippen LogP contribution in [0.15, 0.2) is 36.4 Å². The second-order valence-electron chi connectivity index (χ2n) is 3.74. The van der Waals surface area contributed by atoms with Crippen molar-refractivity contribution in [2.24, 2.45) is 0 Å². The number of carbonyl (C=O) groups is 1. The lowest BCUT2D eigenvalue weighted by atomic mass is 10.0. The third-order valence-electron chi connectivity index (χ3n) is 2.64. The number of phenolic OH excluding ortho intramolecular Hbond substituents is 1. The maximum atomic E-state index is 10.6. The molecule has 0 atom stereocenters. The van der Waals surface area contributed by atoms with Crippen LogP contribution in [0.1, 0.15) is 10.4 Å². The smallest absolute Gasteiger partial charge is 0.153 e. The summed E-state index contributed by atoms with van der Waals surface area (Å²) < 4.78 is 5.07. The van der Waals surface area contributed by atoms with Crippen molar-refractivity contribution in [2.75, 3.05) is 7.11 Å². The van der Waals surface area contributed by atoms with E-state index in [-0.39, 0.29) is 11.3 Å². The number of hydrogen-bond acceptors (Lipinski definition) is 3. The summed E-state index contributed by atoms with van der Waals surface area (Å²) in [5.41, 5.74) is 1.88. The van der Waals surface area contributed by atoms with E-state index >= 15 is 0 Å². The minimum absolute atomic E-state index is 0.0468. The third-order valence-corrected chi connectivity index (χ3v) is 2.94. The van der Waals surface area contributed by atoms with Gasteiger partial charge in [0.1, 0.15) is 11.5 Å². The van der Waals surface area contributed by atoms with Gasteiger partial charge in [0.2, 0.25) is 0 Å². The highest BCUT2D eigenvalue weighted by molar-refractivity contribution is 6.32. The van der Waals surface area contributed by atoms with Gasteiger partial charge < -0.3 is 9.84 Å². The van der Waals surface area contributed by atoms with Crippen molar-refractivity contribution in [3.63, 3.8) is 0 Å². The lowest BCUT2D eigenvalue weighted by Gasteiger charge is -2.07. The van der Waals surface area contributed by atoms with E-state index in [2.05, 4.69) is 0 Å². The van der Waals surface area contributed by atoms with Crippen molar-refractivity contribution in [2.45, 2.75) is 0 Å². The normalized spacial score (nSPS) is 10.1. The molecular formula is C14H11ClO3. The van der Waals surface area contributed by atoms with Crippen LogP contribution in [-0.2, 0) is 0 Å². The van der Waals surface area contributed by atoms with Gasteiger partial charge in [0.05, 0.1) is 17.7 Å². The Morgan fingerprint density at radius 1 is 1.17 bits per heavy atom. The molecule has 0 radical (unpaired) electrons. The molecule has 0 amide bonds. The third kappa shape index (κ3) is 2.31. The van der Waals surface area contributed by atoms with Crippen LogP contribution < -0.4 is 4.74 Å². The van der Waals surface area contributed by atoms with E-state index in [0.29, 0.717) is 17.1 Å². The van der Waals surface area contributed by atoms with Crippen LogP contribution in [0.4, 0.5) is 0 Å². The van der Waals surface area contributed by atoms with Crippen molar-refractivity contribution < 1.29 is 14.6 Å². The Bertz CT molecular complexity index is 594. The number of hydrogen-bond donors (Lipinski definition) is 1. The lowest BCUT2D eigenvalue weighted by molar-refractivity contribution is 0.112. The predicted molar refractivity (Wildman–Crippen MR) is 70.5 cm³/mol. The molecule has 3 nitrogen and oxygen atoms in total. The molecule has 0 saturated carbocycles. The van der Waals surface area contributed by atoms with E-state index in [9.17, 15) is 9.90 Å². The fraction of sp³-hybridized carbons (Fsp3) is 0.0714. The fourth-order valence-corrected chi connectivity index (χ4v) is 1.93. The molecule has 18 heavy (non-hydrogen) atoms. The Hall–Kier alpha value is -2.00. The van der Waals surface area contributed by atoms with E-state index in [4.69, 9.17) is 16.3 Å². The molecule has 0 fully saturated rings. The zero-order valence-corrected chi connectivity index (χ0v) is 10.4. The molecule has 0 saturated heterocycles. The van der Waals surface area contributed by atoms with Gasteiger partial charge in [-0.3, -0.25) is 4.79 Å². The SMILES string of the molecule is COc1ccc(-c2ccc(C=O)c(O)c2)cc1Cl. The van der Waals surface area contributed by atoms with Gasteiger partial charge >= 0.3 is 0 Å². The van der Waals surface area contributed by atoms with Crippen LogP contribution in [0.25, 0.3) is 11.1 Å². The average molecular weight is 263 g/mol. The number of carbonyl (C=O) groups excluding carboxylic acids is 1. The first-order valence-electron chi connectivity index (χ1n) is 5.28. The number of methoxy groups -OCH3 is 1. The Balaban J connectivity index is 2.45. The molecule has 2 aromatic carbocycles. The van der Waals surface area contributed by atoms with Crippen LogP contribution in [0.3, 0.4) is 0 Å². The quantitative estimate of drug-likeness (QED) is 0.861. The maximum absolute atomic E-state index is 10.6. The molecule has 0 aromatic heterocycles. The molecule has 0 aliphatic heterocycles. The fourth-order valence-electron chi connectivity index (χ4n) is 1.67. The van der Waals surface area contributed by atoms with Crippen molar-refractivity contribution in [3.8, 4) is 22.6 Å². The Kier molecular flexibility index (Phi) is 3.53. The van der Waals surface area contributed by atoms with Gasteiger partial charge in [0, 0.05) is 0 Å². The van der Waals surface area contributed by atoms with E-state index in [1.165, 1.54) is 6.07 Å². The van der Waals surface area contributed by atoms with Gasteiger partial charge in [0.15, 0.2) is 6.29 Å². The monoisotopic (exact) mass is 262 g/mol. The first-order chi connectivity index (χ1) is 8.65. The molecular weight excluding hydrogens is 252 g/mol. The molecule has 0 aliphatic carbocycles. The zero-order valence-electron chi connectivity index (χ0n) is 9.68. The van der Waals surface area contributed by atoms with Gasteiger partial charge in [0.25, 0.3) is 0 Å². The van der Waals surface area contributed by atoms with Gasteiger partial charge in [-0.15, -0.1) is 0 Å². The number of halogens is 1. The van der Waals surface area contributed by atoms with E-state index in [1.54, 1.807) is 31.4 Å². The lowest BCUT2D eigenvalue weighted by Crippen LogP contribution is -1.86. The van der Waals surface area contributed by atoms with Crippen LogP contribution in [-0.4, -0.2) is 18.5 Å². The summed E-state index contributed by atoms with van der Waals surface area (Å²) in [6.07, 6.45) is 0.611. The van der Waals surface area contributed by atoms with Crippen molar-refractivity contribution in [3.05, 3.63) is 47.0 Å². The highest BCUT2D eigenvalue weighted by Crippen LogP contribution is 2.32. The number of aldehydes is 1. The standard InChI is InChI=1S/C14H11ClO3/c1-18-14-5-4-9(6-12(14)15)10-2-3-11(8-16)13(17)7-10/h2-8,17H,1H3. The summed E-state index contributed by atoms with van der Waals surface area (Å²) in [6.45, 7) is 0. The van der Waals surface area contributed by atoms with Gasteiger partial charge in [-0.25, -0.2) is 0 Å². The van der Waals surface area contributed by atoms with E-state index in [0.717, 1.165) is 11.1 Å². The van der Waals surface area contributed by atoms with Gasteiger partial charge in [-0.1, -0.05) is 23.7 Å². The summed E-state index contributed by atoms with van der Waals surface area (Å²) in [6, 6.07) is 10.2. The van der Waals surface area contributed by atoms with Gasteiger partial charge in [-0.2, -0.15) is 0 Å². The van der Waals surface area contributed by atoms with Crippen LogP contribution >= 0.6 is 11.6 Å².